The first-order valence-electron chi connectivity index (χ1n) is 7.46. The van der Waals surface area contributed by atoms with Crippen molar-refractivity contribution in [2.75, 3.05) is 24.3 Å². The maximum atomic E-state index is 12.0. The third-order valence-corrected chi connectivity index (χ3v) is 4.40. The van der Waals surface area contributed by atoms with E-state index in [1.807, 2.05) is 27.1 Å². The molecule has 0 aliphatic rings. The molecule has 2 heterocycles. The number of rotatable bonds is 5. The molecule has 3 rings (SSSR count). The van der Waals surface area contributed by atoms with Gasteiger partial charge in [-0.3, -0.25) is 4.79 Å². The summed E-state index contributed by atoms with van der Waals surface area (Å²) in [6.45, 7) is 2.63. The van der Waals surface area contributed by atoms with Crippen molar-refractivity contribution in [2.24, 2.45) is 0 Å². The second-order valence-electron chi connectivity index (χ2n) is 5.46. The lowest BCUT2D eigenvalue weighted by Gasteiger charge is -2.13. The van der Waals surface area contributed by atoms with E-state index in [-0.39, 0.29) is 5.56 Å². The van der Waals surface area contributed by atoms with E-state index in [4.69, 9.17) is 0 Å². The first-order chi connectivity index (χ1) is 11.1. The third kappa shape index (κ3) is 3.34. The molecule has 0 aliphatic heterocycles. The van der Waals surface area contributed by atoms with Crippen LogP contribution >= 0.6 is 11.3 Å². The summed E-state index contributed by atoms with van der Waals surface area (Å²) in [7, 11) is 4.03. The Balaban J connectivity index is 1.81. The minimum Gasteiger partial charge on any atom is -0.378 e. The van der Waals surface area contributed by atoms with Crippen LogP contribution in [0.15, 0.2) is 35.1 Å². The van der Waals surface area contributed by atoms with Crippen LogP contribution < -0.4 is 15.8 Å². The third-order valence-electron chi connectivity index (χ3n) is 3.53. The Hall–Kier alpha value is -2.41. The smallest absolute Gasteiger partial charge is 0.275 e. The Bertz CT molecular complexity index is 884. The molecule has 0 fully saturated rings. The van der Waals surface area contributed by atoms with Crippen LogP contribution in [0.1, 0.15) is 18.2 Å². The number of nitrogens with zero attached hydrogens (tertiary/aromatic N) is 4. The second-order valence-corrected chi connectivity index (χ2v) is 6.41. The van der Waals surface area contributed by atoms with Crippen molar-refractivity contribution in [2.45, 2.75) is 19.9 Å². The fourth-order valence-corrected chi connectivity index (χ4v) is 3.05. The van der Waals surface area contributed by atoms with Crippen LogP contribution in [0.2, 0.25) is 0 Å². The Morgan fingerprint density at radius 2 is 2.13 bits per heavy atom. The predicted molar refractivity (Wildman–Crippen MR) is 94.6 cm³/mol. The highest BCUT2D eigenvalue weighted by molar-refractivity contribution is 7.20. The maximum absolute atomic E-state index is 12.0. The fourth-order valence-electron chi connectivity index (χ4n) is 2.23. The number of anilines is 2. The number of benzene rings is 1. The molecule has 0 saturated heterocycles. The van der Waals surface area contributed by atoms with Gasteiger partial charge in [0.25, 0.3) is 5.56 Å². The normalized spacial score (nSPS) is 10.9. The summed E-state index contributed by atoms with van der Waals surface area (Å²) in [5.74, 6) is 0. The van der Waals surface area contributed by atoms with Gasteiger partial charge < -0.3 is 10.2 Å². The zero-order valence-electron chi connectivity index (χ0n) is 13.4. The second kappa shape index (κ2) is 6.37. The maximum Gasteiger partial charge on any atom is 0.275 e. The van der Waals surface area contributed by atoms with Crippen molar-refractivity contribution in [3.8, 4) is 0 Å². The first kappa shape index (κ1) is 15.5. The van der Waals surface area contributed by atoms with Crippen molar-refractivity contribution in [3.05, 3.63) is 51.9 Å². The molecule has 3 aromatic rings. The summed E-state index contributed by atoms with van der Waals surface area (Å²) in [6.07, 6.45) is 0.740. The lowest BCUT2D eigenvalue weighted by Crippen LogP contribution is -2.15. The molecule has 1 N–H and O–H groups in total. The number of hydrogen-bond donors (Lipinski definition) is 1. The van der Waals surface area contributed by atoms with Crippen molar-refractivity contribution in [3.63, 3.8) is 0 Å². The molecule has 0 unspecified atom stereocenters. The van der Waals surface area contributed by atoms with Crippen molar-refractivity contribution >= 4 is 27.1 Å². The molecule has 6 nitrogen and oxygen atoms in total. The van der Waals surface area contributed by atoms with Gasteiger partial charge in [0.15, 0.2) is 0 Å². The number of aryl methyl sites for hydroxylation is 1. The minimum absolute atomic E-state index is 0.134. The van der Waals surface area contributed by atoms with Gasteiger partial charge in [-0.25, -0.2) is 4.98 Å². The summed E-state index contributed by atoms with van der Waals surface area (Å²) in [5.41, 5.74) is 2.97. The SMILES string of the molecule is CCc1cc(=O)n2nc(NCc3cccc(N(C)C)c3)sc2n1. The summed E-state index contributed by atoms with van der Waals surface area (Å²) in [4.78, 5) is 19.1. The van der Waals surface area contributed by atoms with Gasteiger partial charge in [-0.15, -0.1) is 5.10 Å². The number of hydrogen-bond acceptors (Lipinski definition) is 6. The van der Waals surface area contributed by atoms with Gasteiger partial charge >= 0.3 is 0 Å². The average Bonchev–Trinajstić information content (AvgIpc) is 2.96. The van der Waals surface area contributed by atoms with Gasteiger partial charge in [0.05, 0.1) is 0 Å². The standard InChI is InChI=1S/C16H19N5OS/c1-4-12-9-14(22)21-16(18-12)23-15(19-21)17-10-11-6-5-7-13(8-11)20(2)3/h5-9H,4,10H2,1-3H3,(H,17,19). The predicted octanol–water partition coefficient (Wildman–Crippen LogP) is 2.39. The lowest BCUT2D eigenvalue weighted by molar-refractivity contribution is 0.874. The van der Waals surface area contributed by atoms with Crippen molar-refractivity contribution < 1.29 is 0 Å². The molecular formula is C16H19N5OS. The minimum atomic E-state index is -0.134. The highest BCUT2D eigenvalue weighted by Crippen LogP contribution is 2.19. The van der Waals surface area contributed by atoms with Gasteiger partial charge in [-0.1, -0.05) is 30.4 Å². The van der Waals surface area contributed by atoms with Crippen molar-refractivity contribution in [1.82, 2.24) is 14.6 Å². The number of aromatic nitrogens is 3. The number of fused-ring (bicyclic) bond motifs is 1. The Kier molecular flexibility index (Phi) is 4.29. The molecule has 0 spiro atoms. The highest BCUT2D eigenvalue weighted by Gasteiger charge is 2.08. The molecule has 23 heavy (non-hydrogen) atoms. The quantitative estimate of drug-likeness (QED) is 0.779. The van der Waals surface area contributed by atoms with E-state index in [9.17, 15) is 4.79 Å². The van der Waals surface area contributed by atoms with Crippen molar-refractivity contribution in [1.29, 1.82) is 0 Å². The fraction of sp³-hybridized carbons (Fsp3) is 0.312. The molecule has 2 aromatic heterocycles. The van der Waals surface area contributed by atoms with Gasteiger partial charge in [-0.2, -0.15) is 4.52 Å². The van der Waals surface area contributed by atoms with Crippen LogP contribution in [-0.4, -0.2) is 28.7 Å². The van der Waals surface area contributed by atoms with Gasteiger partial charge in [0.2, 0.25) is 10.1 Å². The van der Waals surface area contributed by atoms with E-state index in [1.165, 1.54) is 21.9 Å². The van der Waals surface area contributed by atoms with Gasteiger partial charge in [-0.05, 0) is 24.1 Å². The Morgan fingerprint density at radius 3 is 2.87 bits per heavy atom. The molecule has 1 aromatic carbocycles. The first-order valence-corrected chi connectivity index (χ1v) is 8.28. The zero-order valence-corrected chi connectivity index (χ0v) is 14.2. The number of nitrogens with one attached hydrogen (secondary N) is 1. The van der Waals surface area contributed by atoms with Gasteiger partial charge in [0, 0.05) is 38.1 Å². The Morgan fingerprint density at radius 1 is 1.30 bits per heavy atom. The van der Waals surface area contributed by atoms with Crippen LogP contribution in [0, 0.1) is 0 Å². The van der Waals surface area contributed by atoms with E-state index in [1.54, 1.807) is 0 Å². The van der Waals surface area contributed by atoms with E-state index in [0.717, 1.165) is 23.4 Å². The zero-order chi connectivity index (χ0) is 16.4. The highest BCUT2D eigenvalue weighted by atomic mass is 32.1. The topological polar surface area (TPSA) is 62.5 Å². The van der Waals surface area contributed by atoms with E-state index < -0.39 is 0 Å². The molecule has 0 saturated carbocycles. The molecular weight excluding hydrogens is 310 g/mol. The molecule has 0 amide bonds. The van der Waals surface area contributed by atoms with E-state index >= 15 is 0 Å². The Labute approximate surface area is 138 Å². The summed E-state index contributed by atoms with van der Waals surface area (Å²) in [5, 5.41) is 8.26. The molecule has 120 valence electrons. The average molecular weight is 329 g/mol. The summed E-state index contributed by atoms with van der Waals surface area (Å²) in [6, 6.07) is 9.82. The van der Waals surface area contributed by atoms with Gasteiger partial charge in [0.1, 0.15) is 0 Å². The molecule has 7 heteroatoms. The van der Waals surface area contributed by atoms with Crippen LogP contribution in [0.5, 0.6) is 0 Å². The molecule has 0 atom stereocenters. The summed E-state index contributed by atoms with van der Waals surface area (Å²) >= 11 is 1.39. The van der Waals surface area contributed by atoms with Crippen LogP contribution in [0.3, 0.4) is 0 Å². The molecule has 0 radical (unpaired) electrons. The van der Waals surface area contributed by atoms with Crippen LogP contribution in [-0.2, 0) is 13.0 Å². The van der Waals surface area contributed by atoms with Crippen LogP contribution in [0.4, 0.5) is 10.8 Å². The van der Waals surface area contributed by atoms with E-state index in [0.29, 0.717) is 16.6 Å². The molecule has 0 aliphatic carbocycles. The summed E-state index contributed by atoms with van der Waals surface area (Å²) < 4.78 is 1.35. The largest absolute Gasteiger partial charge is 0.378 e. The monoisotopic (exact) mass is 329 g/mol. The lowest BCUT2D eigenvalue weighted by atomic mass is 10.2. The molecule has 0 bridgehead atoms. The van der Waals surface area contributed by atoms with Crippen LogP contribution in [0.25, 0.3) is 4.96 Å². The van der Waals surface area contributed by atoms with E-state index in [2.05, 4.69) is 38.5 Å².